The van der Waals surface area contributed by atoms with E-state index in [0.29, 0.717) is 10.6 Å². The minimum Gasteiger partial charge on any atom is -0.461 e. The summed E-state index contributed by atoms with van der Waals surface area (Å²) < 4.78 is 4.92. The van der Waals surface area contributed by atoms with Gasteiger partial charge in [0.1, 0.15) is 5.71 Å². The number of halogens is 1. The second-order valence-electron chi connectivity index (χ2n) is 4.19. The Morgan fingerprint density at radius 3 is 2.90 bits per heavy atom. The number of rotatable bonds is 4. The van der Waals surface area contributed by atoms with E-state index in [1.54, 1.807) is 37.4 Å². The highest BCUT2D eigenvalue weighted by atomic mass is 35.5. The maximum Gasteiger partial charge on any atom is 0.356 e. The Hall–Kier alpha value is -1.85. The van der Waals surface area contributed by atoms with Crippen LogP contribution in [0.25, 0.3) is 0 Å². The third kappa shape index (κ3) is 2.69. The Balaban J connectivity index is 2.44. The van der Waals surface area contributed by atoms with Gasteiger partial charge in [0, 0.05) is 16.8 Å². The van der Waals surface area contributed by atoms with E-state index in [1.165, 1.54) is 6.08 Å². The number of esters is 1. The number of carbonyl (C=O) groups excluding carboxylic acids is 1. The molecule has 5 nitrogen and oxygen atoms in total. The predicted molar refractivity (Wildman–Crippen MR) is 76.6 cm³/mol. The minimum absolute atomic E-state index is 0.138. The summed E-state index contributed by atoms with van der Waals surface area (Å²) in [4.78, 5) is 16.1. The lowest BCUT2D eigenvalue weighted by atomic mass is 9.99. The molecule has 1 atom stereocenters. The summed E-state index contributed by atoms with van der Waals surface area (Å²) in [5.41, 5.74) is -0.440. The number of aliphatic hydroxyl groups excluding tert-OH is 1. The van der Waals surface area contributed by atoms with Crippen molar-refractivity contribution in [1.29, 1.82) is 0 Å². The van der Waals surface area contributed by atoms with Gasteiger partial charge in [-0.1, -0.05) is 29.8 Å². The molecule has 1 heterocycles. The third-order valence-electron chi connectivity index (χ3n) is 2.91. The lowest BCUT2D eigenvalue weighted by Crippen LogP contribution is -2.45. The molecular formula is C14H15ClN2O3. The molecular weight excluding hydrogens is 280 g/mol. The van der Waals surface area contributed by atoms with Crippen LogP contribution in [0.4, 0.5) is 0 Å². The second-order valence-corrected chi connectivity index (χ2v) is 4.60. The quantitative estimate of drug-likeness (QED) is 0.828. The Bertz CT molecular complexity index is 571. The van der Waals surface area contributed by atoms with Crippen LogP contribution in [0.1, 0.15) is 12.5 Å². The fourth-order valence-corrected chi connectivity index (χ4v) is 2.25. The third-order valence-corrected chi connectivity index (χ3v) is 3.24. The van der Waals surface area contributed by atoms with E-state index in [-0.39, 0.29) is 18.9 Å². The average molecular weight is 295 g/mol. The second kappa shape index (κ2) is 6.07. The van der Waals surface area contributed by atoms with Crippen molar-refractivity contribution in [3.63, 3.8) is 0 Å². The number of hydrogen-bond donors (Lipinski definition) is 2. The SMILES string of the molecule is CCOC(=O)C1=NC(CO)(c2ccccc2Cl)NC=C1. The number of hydrogen-bond acceptors (Lipinski definition) is 5. The van der Waals surface area contributed by atoms with Gasteiger partial charge in [-0.2, -0.15) is 0 Å². The Morgan fingerprint density at radius 2 is 2.25 bits per heavy atom. The lowest BCUT2D eigenvalue weighted by Gasteiger charge is -2.32. The van der Waals surface area contributed by atoms with Crippen LogP contribution in [0, 0.1) is 0 Å². The molecule has 1 unspecified atom stereocenters. The van der Waals surface area contributed by atoms with E-state index < -0.39 is 11.6 Å². The molecule has 1 aliphatic rings. The summed E-state index contributed by atoms with van der Waals surface area (Å²) in [7, 11) is 0. The lowest BCUT2D eigenvalue weighted by molar-refractivity contribution is -0.135. The van der Waals surface area contributed by atoms with Gasteiger partial charge in [0.25, 0.3) is 0 Å². The molecule has 0 spiro atoms. The molecule has 1 aromatic carbocycles. The van der Waals surface area contributed by atoms with Gasteiger partial charge in [0.2, 0.25) is 0 Å². The summed E-state index contributed by atoms with van der Waals surface area (Å²) in [5.74, 6) is -0.532. The zero-order valence-electron chi connectivity index (χ0n) is 11.0. The summed E-state index contributed by atoms with van der Waals surface area (Å²) in [6, 6.07) is 7.02. The highest BCUT2D eigenvalue weighted by Gasteiger charge is 2.35. The monoisotopic (exact) mass is 294 g/mol. The van der Waals surface area contributed by atoms with Gasteiger partial charge in [-0.05, 0) is 19.1 Å². The molecule has 1 aliphatic heterocycles. The molecule has 0 amide bonds. The first-order valence-electron chi connectivity index (χ1n) is 6.20. The summed E-state index contributed by atoms with van der Waals surface area (Å²) >= 11 is 6.15. The summed E-state index contributed by atoms with van der Waals surface area (Å²) in [5, 5.41) is 13.1. The van der Waals surface area contributed by atoms with Crippen molar-refractivity contribution >= 4 is 23.3 Å². The van der Waals surface area contributed by atoms with Gasteiger partial charge >= 0.3 is 5.97 Å². The largest absolute Gasteiger partial charge is 0.461 e. The molecule has 0 bridgehead atoms. The van der Waals surface area contributed by atoms with Gasteiger partial charge in [-0.3, -0.25) is 0 Å². The fraction of sp³-hybridized carbons (Fsp3) is 0.286. The maximum absolute atomic E-state index is 11.8. The van der Waals surface area contributed by atoms with Gasteiger partial charge in [0.15, 0.2) is 5.66 Å². The zero-order valence-corrected chi connectivity index (χ0v) is 11.7. The van der Waals surface area contributed by atoms with Crippen LogP contribution in [0.3, 0.4) is 0 Å². The van der Waals surface area contributed by atoms with Crippen LogP contribution in [0.5, 0.6) is 0 Å². The molecule has 106 valence electrons. The Morgan fingerprint density at radius 1 is 1.50 bits per heavy atom. The van der Waals surface area contributed by atoms with Crippen LogP contribution in [-0.2, 0) is 15.2 Å². The van der Waals surface area contributed by atoms with Crippen LogP contribution >= 0.6 is 11.6 Å². The number of nitrogens with zero attached hydrogens (tertiary/aromatic N) is 1. The number of nitrogens with one attached hydrogen (secondary N) is 1. The van der Waals surface area contributed by atoms with Crippen molar-refractivity contribution in [1.82, 2.24) is 5.32 Å². The first-order valence-corrected chi connectivity index (χ1v) is 6.58. The van der Waals surface area contributed by atoms with E-state index in [1.807, 2.05) is 0 Å². The summed E-state index contributed by atoms with van der Waals surface area (Å²) in [6.07, 6.45) is 3.06. The van der Waals surface area contributed by atoms with Gasteiger partial charge < -0.3 is 15.2 Å². The number of benzene rings is 1. The van der Waals surface area contributed by atoms with Crippen LogP contribution in [0.15, 0.2) is 41.5 Å². The van der Waals surface area contributed by atoms with Crippen LogP contribution in [0.2, 0.25) is 5.02 Å². The van der Waals surface area contributed by atoms with E-state index in [9.17, 15) is 9.90 Å². The number of aliphatic imine (C=N–C) groups is 1. The molecule has 6 heteroatoms. The van der Waals surface area contributed by atoms with E-state index in [0.717, 1.165) is 0 Å². The molecule has 2 rings (SSSR count). The standard InChI is InChI=1S/C14H15ClN2O3/c1-2-20-13(19)12-7-8-16-14(9-18,17-12)10-5-3-4-6-11(10)15/h3-8,16,18H,2,9H2,1H3. The Labute approximate surface area is 121 Å². The topological polar surface area (TPSA) is 70.9 Å². The average Bonchev–Trinajstić information content (AvgIpc) is 2.48. The molecule has 0 fully saturated rings. The Kier molecular flexibility index (Phi) is 4.42. The first-order chi connectivity index (χ1) is 9.63. The van der Waals surface area contributed by atoms with E-state index >= 15 is 0 Å². The highest BCUT2D eigenvalue weighted by molar-refractivity contribution is 6.41. The number of ether oxygens (including phenoxy) is 1. The molecule has 20 heavy (non-hydrogen) atoms. The molecule has 0 radical (unpaired) electrons. The molecule has 0 aliphatic carbocycles. The highest BCUT2D eigenvalue weighted by Crippen LogP contribution is 2.30. The number of aliphatic hydroxyl groups is 1. The van der Waals surface area contributed by atoms with Crippen molar-refractivity contribution in [3.05, 3.63) is 47.1 Å². The van der Waals surface area contributed by atoms with Gasteiger partial charge in [-0.15, -0.1) is 0 Å². The number of carbonyl (C=O) groups is 1. The molecule has 2 N–H and O–H groups in total. The molecule has 0 saturated carbocycles. The minimum atomic E-state index is -1.17. The van der Waals surface area contributed by atoms with E-state index in [2.05, 4.69) is 10.3 Å². The molecule has 1 aromatic rings. The maximum atomic E-state index is 11.8. The fourth-order valence-electron chi connectivity index (χ4n) is 1.95. The van der Waals surface area contributed by atoms with Crippen molar-refractivity contribution in [2.24, 2.45) is 4.99 Å². The molecule has 0 aromatic heterocycles. The smallest absolute Gasteiger partial charge is 0.356 e. The molecule has 0 saturated heterocycles. The zero-order chi connectivity index (χ0) is 14.6. The van der Waals surface area contributed by atoms with Gasteiger partial charge in [0.05, 0.1) is 13.2 Å². The normalized spacial score (nSPS) is 21.1. The first kappa shape index (κ1) is 14.6. The predicted octanol–water partition coefficient (Wildman–Crippen LogP) is 1.61. The van der Waals surface area contributed by atoms with Gasteiger partial charge in [-0.25, -0.2) is 9.79 Å². The van der Waals surface area contributed by atoms with Crippen molar-refractivity contribution in [3.8, 4) is 0 Å². The van der Waals surface area contributed by atoms with Crippen molar-refractivity contribution < 1.29 is 14.6 Å². The van der Waals surface area contributed by atoms with Crippen molar-refractivity contribution in [2.75, 3.05) is 13.2 Å². The van der Waals surface area contributed by atoms with Crippen molar-refractivity contribution in [2.45, 2.75) is 12.6 Å². The van der Waals surface area contributed by atoms with E-state index in [4.69, 9.17) is 16.3 Å². The van der Waals surface area contributed by atoms with Crippen LogP contribution < -0.4 is 5.32 Å². The van der Waals surface area contributed by atoms with Crippen LogP contribution in [-0.4, -0.2) is 30.0 Å². The summed E-state index contributed by atoms with van der Waals surface area (Å²) in [6.45, 7) is 1.64.